The molecule has 2 N–H and O–H groups in total. The van der Waals surface area contributed by atoms with Crippen LogP contribution in [0.1, 0.15) is 5.56 Å². The van der Waals surface area contributed by atoms with Crippen molar-refractivity contribution < 1.29 is 17.2 Å². The van der Waals surface area contributed by atoms with Gasteiger partial charge in [-0.15, -0.1) is 0 Å². The van der Waals surface area contributed by atoms with Gasteiger partial charge in [0.25, 0.3) is 0 Å². The van der Waals surface area contributed by atoms with Gasteiger partial charge in [-0.05, 0) is 29.8 Å². The van der Waals surface area contributed by atoms with Crippen LogP contribution in [0.25, 0.3) is 0 Å². The molecule has 0 saturated carbocycles. The molecule has 112 valence electrons. The molecule has 0 fully saturated rings. The lowest BCUT2D eigenvalue weighted by atomic mass is 10.2. The SMILES string of the molecule is Nc1cc(F)c(S(=O)(=O)Cc2ccc(Cl)c(Cl)c2)c(F)c1. The third-order valence-electron chi connectivity index (χ3n) is 2.67. The smallest absolute Gasteiger partial charge is 0.188 e. The molecule has 0 saturated heterocycles. The van der Waals surface area contributed by atoms with Gasteiger partial charge in [0.05, 0.1) is 15.8 Å². The molecule has 0 atom stereocenters. The Morgan fingerprint density at radius 1 is 1.00 bits per heavy atom. The standard InChI is InChI=1S/C13H9Cl2F2NO2S/c14-9-2-1-7(3-10(9)15)6-21(19,20)13-11(16)4-8(18)5-12(13)17/h1-5H,6,18H2. The van der Waals surface area contributed by atoms with Crippen LogP contribution < -0.4 is 5.73 Å². The number of hydrogen-bond acceptors (Lipinski definition) is 3. The molecule has 0 aliphatic rings. The van der Waals surface area contributed by atoms with Crippen molar-refractivity contribution in [2.24, 2.45) is 0 Å². The maximum Gasteiger partial charge on any atom is 0.188 e. The quantitative estimate of drug-likeness (QED) is 0.854. The first kappa shape index (κ1) is 16.0. The van der Waals surface area contributed by atoms with Crippen LogP contribution in [-0.2, 0) is 15.6 Å². The molecule has 21 heavy (non-hydrogen) atoms. The second kappa shape index (κ2) is 5.79. The lowest BCUT2D eigenvalue weighted by Crippen LogP contribution is -2.10. The lowest BCUT2D eigenvalue weighted by molar-refractivity contribution is 0.520. The molecule has 0 aliphatic heterocycles. The zero-order valence-electron chi connectivity index (χ0n) is 10.4. The highest BCUT2D eigenvalue weighted by Gasteiger charge is 2.25. The lowest BCUT2D eigenvalue weighted by Gasteiger charge is -2.08. The van der Waals surface area contributed by atoms with Crippen LogP contribution in [-0.4, -0.2) is 8.42 Å². The summed E-state index contributed by atoms with van der Waals surface area (Å²) >= 11 is 11.5. The van der Waals surface area contributed by atoms with E-state index < -0.39 is 32.1 Å². The fraction of sp³-hybridized carbons (Fsp3) is 0.0769. The second-order valence-corrected chi connectivity index (χ2v) is 7.06. The van der Waals surface area contributed by atoms with Crippen LogP contribution >= 0.6 is 23.2 Å². The van der Waals surface area contributed by atoms with Crippen molar-refractivity contribution in [3.63, 3.8) is 0 Å². The Bertz CT molecular complexity index is 787. The van der Waals surface area contributed by atoms with Crippen LogP contribution in [0, 0.1) is 11.6 Å². The van der Waals surface area contributed by atoms with E-state index in [9.17, 15) is 17.2 Å². The van der Waals surface area contributed by atoms with Crippen molar-refractivity contribution in [3.8, 4) is 0 Å². The summed E-state index contributed by atoms with van der Waals surface area (Å²) in [4.78, 5) is -1.01. The van der Waals surface area contributed by atoms with Crippen LogP contribution in [0.5, 0.6) is 0 Å². The van der Waals surface area contributed by atoms with E-state index in [2.05, 4.69) is 0 Å². The first-order valence-corrected chi connectivity index (χ1v) is 8.03. The van der Waals surface area contributed by atoms with Crippen LogP contribution in [0.3, 0.4) is 0 Å². The zero-order chi connectivity index (χ0) is 15.8. The van der Waals surface area contributed by atoms with E-state index in [-0.39, 0.29) is 21.3 Å². The summed E-state index contributed by atoms with van der Waals surface area (Å²) in [5, 5.41) is 0.408. The summed E-state index contributed by atoms with van der Waals surface area (Å²) in [6, 6.07) is 5.66. The summed E-state index contributed by atoms with van der Waals surface area (Å²) in [7, 11) is -4.23. The highest BCUT2D eigenvalue weighted by molar-refractivity contribution is 7.90. The fourth-order valence-corrected chi connectivity index (χ4v) is 3.59. The number of rotatable bonds is 3. The highest BCUT2D eigenvalue weighted by Crippen LogP contribution is 2.28. The number of nitrogen functional groups attached to an aromatic ring is 1. The van der Waals surface area contributed by atoms with E-state index in [4.69, 9.17) is 28.9 Å². The molecule has 0 unspecified atom stereocenters. The number of hydrogen-bond donors (Lipinski definition) is 1. The Hall–Kier alpha value is -1.37. The average molecular weight is 352 g/mol. The van der Waals surface area contributed by atoms with E-state index >= 15 is 0 Å². The van der Waals surface area contributed by atoms with Gasteiger partial charge < -0.3 is 5.73 Å². The zero-order valence-corrected chi connectivity index (χ0v) is 12.7. The fourth-order valence-electron chi connectivity index (χ4n) is 1.80. The molecule has 2 aromatic carbocycles. The van der Waals surface area contributed by atoms with Crippen molar-refractivity contribution >= 4 is 38.7 Å². The normalized spacial score (nSPS) is 11.6. The van der Waals surface area contributed by atoms with Crippen molar-refractivity contribution in [1.29, 1.82) is 0 Å². The summed E-state index contributed by atoms with van der Waals surface area (Å²) in [5.41, 5.74) is 5.32. The van der Waals surface area contributed by atoms with Gasteiger partial charge in [0.2, 0.25) is 0 Å². The van der Waals surface area contributed by atoms with Crippen LogP contribution in [0.2, 0.25) is 10.0 Å². The minimum Gasteiger partial charge on any atom is -0.399 e. The van der Waals surface area contributed by atoms with Gasteiger partial charge in [-0.3, -0.25) is 0 Å². The number of sulfone groups is 1. The summed E-state index contributed by atoms with van der Waals surface area (Å²) < 4.78 is 51.7. The predicted molar refractivity (Wildman–Crippen MR) is 78.1 cm³/mol. The van der Waals surface area contributed by atoms with Gasteiger partial charge in [-0.25, -0.2) is 17.2 Å². The molecule has 0 heterocycles. The maximum atomic E-state index is 13.7. The monoisotopic (exact) mass is 351 g/mol. The van der Waals surface area contributed by atoms with E-state index in [1.54, 1.807) is 0 Å². The van der Waals surface area contributed by atoms with Crippen molar-refractivity contribution in [1.82, 2.24) is 0 Å². The molecular formula is C13H9Cl2F2NO2S. The van der Waals surface area contributed by atoms with Gasteiger partial charge in [-0.2, -0.15) is 0 Å². The van der Waals surface area contributed by atoms with E-state index in [1.807, 2.05) is 0 Å². The molecular weight excluding hydrogens is 343 g/mol. The summed E-state index contributed by atoms with van der Waals surface area (Å²) in [6.07, 6.45) is 0. The van der Waals surface area contributed by atoms with Gasteiger partial charge in [0.1, 0.15) is 16.5 Å². The van der Waals surface area contributed by atoms with Gasteiger partial charge in [0.15, 0.2) is 9.84 Å². The molecule has 0 amide bonds. The molecule has 2 rings (SSSR count). The molecule has 2 aromatic rings. The summed E-state index contributed by atoms with van der Waals surface area (Å²) in [5.74, 6) is -3.07. The summed E-state index contributed by atoms with van der Waals surface area (Å²) in [6.45, 7) is 0. The van der Waals surface area contributed by atoms with E-state index in [0.29, 0.717) is 0 Å². The van der Waals surface area contributed by atoms with Crippen molar-refractivity contribution in [2.75, 3.05) is 5.73 Å². The minimum absolute atomic E-state index is 0.155. The Morgan fingerprint density at radius 3 is 2.10 bits per heavy atom. The van der Waals surface area contributed by atoms with Crippen molar-refractivity contribution in [2.45, 2.75) is 10.6 Å². The molecule has 0 spiro atoms. The van der Waals surface area contributed by atoms with E-state index in [0.717, 1.165) is 12.1 Å². The Balaban J connectivity index is 2.46. The van der Waals surface area contributed by atoms with Crippen LogP contribution in [0.4, 0.5) is 14.5 Å². The second-order valence-electron chi connectivity index (χ2n) is 4.32. The Morgan fingerprint density at radius 2 is 1.57 bits per heavy atom. The molecule has 8 heteroatoms. The Kier molecular flexibility index (Phi) is 4.41. The first-order valence-electron chi connectivity index (χ1n) is 5.62. The topological polar surface area (TPSA) is 60.2 Å². The number of halogens is 4. The molecule has 0 aromatic heterocycles. The molecule has 3 nitrogen and oxygen atoms in total. The van der Waals surface area contributed by atoms with Gasteiger partial charge in [0, 0.05) is 5.69 Å². The largest absolute Gasteiger partial charge is 0.399 e. The highest BCUT2D eigenvalue weighted by atomic mass is 35.5. The third kappa shape index (κ3) is 3.45. The van der Waals surface area contributed by atoms with Crippen LogP contribution in [0.15, 0.2) is 35.2 Å². The number of nitrogens with two attached hydrogens (primary N) is 1. The third-order valence-corrected chi connectivity index (χ3v) is 5.14. The number of benzene rings is 2. The maximum absolute atomic E-state index is 13.7. The number of anilines is 1. The molecule has 0 aliphatic carbocycles. The Labute approximate surface area is 130 Å². The average Bonchev–Trinajstić information content (AvgIpc) is 2.31. The van der Waals surface area contributed by atoms with Gasteiger partial charge >= 0.3 is 0 Å². The van der Waals surface area contributed by atoms with Gasteiger partial charge in [-0.1, -0.05) is 29.3 Å². The molecule has 0 radical (unpaired) electrons. The van der Waals surface area contributed by atoms with E-state index in [1.165, 1.54) is 18.2 Å². The first-order chi connectivity index (χ1) is 9.70. The molecule has 0 bridgehead atoms. The predicted octanol–water partition coefficient (Wildman–Crippen LogP) is 3.83. The minimum atomic E-state index is -4.23. The van der Waals surface area contributed by atoms with Crippen molar-refractivity contribution in [3.05, 3.63) is 57.6 Å².